The van der Waals surface area contributed by atoms with Crippen molar-refractivity contribution in [1.82, 2.24) is 9.55 Å². The minimum atomic E-state index is -4.75. The lowest BCUT2D eigenvalue weighted by Crippen LogP contribution is -2.44. The van der Waals surface area contributed by atoms with Crippen molar-refractivity contribution in [3.63, 3.8) is 0 Å². The van der Waals surface area contributed by atoms with Gasteiger partial charge >= 0.3 is 13.3 Å². The van der Waals surface area contributed by atoms with E-state index in [1.807, 2.05) is 4.98 Å². The summed E-state index contributed by atoms with van der Waals surface area (Å²) in [6.45, 7) is 3.34. The van der Waals surface area contributed by atoms with Crippen molar-refractivity contribution in [3.05, 3.63) is 32.6 Å². The third-order valence-corrected chi connectivity index (χ3v) is 4.60. The summed E-state index contributed by atoms with van der Waals surface area (Å²) in [6.07, 6.45) is 1.13. The number of hydrogen-bond acceptors (Lipinski definition) is 4. The number of rotatable bonds is 2. The molecule has 1 aromatic rings. The molecule has 2 heterocycles. The monoisotopic (exact) mass is 290 g/mol. The SMILES string of the molecule is Cc1cn(C2(P(=O)(O)O)CC(C)CO2)c(=O)[nH]c1=O. The number of aromatic nitrogens is 2. The van der Waals surface area contributed by atoms with E-state index in [4.69, 9.17) is 4.74 Å². The molecule has 8 nitrogen and oxygen atoms in total. The fourth-order valence-corrected chi connectivity index (χ4v) is 3.41. The van der Waals surface area contributed by atoms with Crippen molar-refractivity contribution in [2.75, 3.05) is 6.61 Å². The van der Waals surface area contributed by atoms with E-state index >= 15 is 0 Å². The molecule has 106 valence electrons. The molecule has 0 amide bonds. The Morgan fingerprint density at radius 3 is 2.63 bits per heavy atom. The summed E-state index contributed by atoms with van der Waals surface area (Å²) >= 11 is 0. The first kappa shape index (κ1) is 14.2. The Balaban J connectivity index is 2.72. The number of H-pyrrole nitrogens is 1. The molecule has 2 rings (SSSR count). The van der Waals surface area contributed by atoms with Crippen molar-refractivity contribution >= 4 is 7.60 Å². The number of aryl methyl sites for hydroxylation is 1. The molecule has 0 spiro atoms. The summed E-state index contributed by atoms with van der Waals surface area (Å²) in [5.74, 6) is -0.105. The molecule has 1 aliphatic rings. The predicted molar refractivity (Wildman–Crippen MR) is 65.8 cm³/mol. The van der Waals surface area contributed by atoms with Crippen LogP contribution in [0.3, 0.4) is 0 Å². The summed E-state index contributed by atoms with van der Waals surface area (Å²) in [5.41, 5.74) is -3.34. The van der Waals surface area contributed by atoms with Crippen LogP contribution >= 0.6 is 7.60 Å². The number of ether oxygens (including phenoxy) is 1. The van der Waals surface area contributed by atoms with Crippen molar-refractivity contribution in [2.45, 2.75) is 25.7 Å². The zero-order chi connectivity index (χ0) is 14.4. The predicted octanol–water partition coefficient (Wildman–Crippen LogP) is -0.311. The number of hydrogen-bond donors (Lipinski definition) is 3. The van der Waals surface area contributed by atoms with Crippen molar-refractivity contribution < 1.29 is 19.1 Å². The molecule has 0 saturated carbocycles. The molecule has 0 aliphatic carbocycles. The Bertz CT molecular complexity index is 659. The highest BCUT2D eigenvalue weighted by molar-refractivity contribution is 7.52. The van der Waals surface area contributed by atoms with Gasteiger partial charge in [0.05, 0.1) is 6.61 Å². The summed E-state index contributed by atoms with van der Waals surface area (Å²) in [5, 5.41) is 0. The largest absolute Gasteiger partial charge is 0.378 e. The highest BCUT2D eigenvalue weighted by atomic mass is 31.2. The van der Waals surface area contributed by atoms with E-state index in [-0.39, 0.29) is 24.5 Å². The van der Waals surface area contributed by atoms with Crippen LogP contribution in [-0.2, 0) is 14.8 Å². The lowest BCUT2D eigenvalue weighted by atomic mass is 10.1. The molecule has 1 fully saturated rings. The lowest BCUT2D eigenvalue weighted by Gasteiger charge is -2.30. The van der Waals surface area contributed by atoms with Gasteiger partial charge in [-0.1, -0.05) is 6.92 Å². The van der Waals surface area contributed by atoms with Crippen LogP contribution < -0.4 is 11.2 Å². The Kier molecular flexibility index (Phi) is 3.30. The highest BCUT2D eigenvalue weighted by Crippen LogP contribution is 2.59. The van der Waals surface area contributed by atoms with E-state index in [1.54, 1.807) is 6.92 Å². The quantitative estimate of drug-likeness (QED) is 0.642. The van der Waals surface area contributed by atoms with E-state index in [0.29, 0.717) is 0 Å². The molecule has 9 heteroatoms. The first-order chi connectivity index (χ1) is 8.67. The zero-order valence-electron chi connectivity index (χ0n) is 10.5. The van der Waals surface area contributed by atoms with Gasteiger partial charge in [-0.3, -0.25) is 18.9 Å². The molecular weight excluding hydrogens is 275 g/mol. The van der Waals surface area contributed by atoms with Crippen LogP contribution in [0, 0.1) is 12.8 Å². The maximum Gasteiger partial charge on any atom is 0.378 e. The molecule has 0 aromatic carbocycles. The Hall–Kier alpha value is -1.21. The maximum absolute atomic E-state index is 11.8. The molecule has 1 aromatic heterocycles. The van der Waals surface area contributed by atoms with E-state index in [1.165, 1.54) is 6.92 Å². The smallest absolute Gasteiger partial charge is 0.344 e. The van der Waals surface area contributed by atoms with E-state index in [9.17, 15) is 23.9 Å². The average Bonchev–Trinajstić information content (AvgIpc) is 2.66. The van der Waals surface area contributed by atoms with Crippen molar-refractivity contribution in [1.29, 1.82) is 0 Å². The molecule has 1 aliphatic heterocycles. The van der Waals surface area contributed by atoms with Gasteiger partial charge in [-0.05, 0) is 12.8 Å². The lowest BCUT2D eigenvalue weighted by molar-refractivity contribution is -0.0141. The van der Waals surface area contributed by atoms with Crippen molar-refractivity contribution in [2.24, 2.45) is 5.92 Å². The van der Waals surface area contributed by atoms with Gasteiger partial charge in [0.15, 0.2) is 0 Å². The first-order valence-corrected chi connectivity index (χ1v) is 7.31. The maximum atomic E-state index is 11.8. The molecule has 0 bridgehead atoms. The summed E-state index contributed by atoms with van der Waals surface area (Å²) < 4.78 is 17.8. The molecule has 3 N–H and O–H groups in total. The third-order valence-electron chi connectivity index (χ3n) is 3.17. The zero-order valence-corrected chi connectivity index (χ0v) is 11.4. The fraction of sp³-hybridized carbons (Fsp3) is 0.600. The van der Waals surface area contributed by atoms with Gasteiger partial charge in [0.1, 0.15) is 0 Å². The van der Waals surface area contributed by atoms with Gasteiger partial charge < -0.3 is 14.5 Å². The van der Waals surface area contributed by atoms with Crippen LogP contribution in [-0.4, -0.2) is 25.9 Å². The normalized spacial score (nSPS) is 27.7. The Morgan fingerprint density at radius 1 is 1.53 bits per heavy atom. The van der Waals surface area contributed by atoms with Crippen LogP contribution in [0.5, 0.6) is 0 Å². The highest BCUT2D eigenvalue weighted by Gasteiger charge is 2.55. The second kappa shape index (κ2) is 4.42. The third kappa shape index (κ3) is 2.21. The fourth-order valence-electron chi connectivity index (χ4n) is 2.19. The van der Waals surface area contributed by atoms with Crippen LogP contribution in [0.1, 0.15) is 18.9 Å². The standard InChI is InChI=1S/C10H15N2O6P/c1-6-3-10(18-5-6,19(15,16)17)12-4-7(2)8(13)11-9(12)14/h4,6H,3,5H2,1-2H3,(H,11,13,14)(H2,15,16,17). The summed E-state index contributed by atoms with van der Waals surface area (Å²) in [4.78, 5) is 44.3. The van der Waals surface area contributed by atoms with Crippen LogP contribution in [0.25, 0.3) is 0 Å². The van der Waals surface area contributed by atoms with E-state index in [0.717, 1.165) is 10.8 Å². The molecule has 19 heavy (non-hydrogen) atoms. The Labute approximate surface area is 108 Å². The minimum Gasteiger partial charge on any atom is -0.344 e. The second-order valence-electron chi connectivity index (χ2n) is 4.85. The topological polar surface area (TPSA) is 122 Å². The van der Waals surface area contributed by atoms with Crippen molar-refractivity contribution in [3.8, 4) is 0 Å². The number of nitrogens with zero attached hydrogens (tertiary/aromatic N) is 1. The Morgan fingerprint density at radius 2 is 2.16 bits per heavy atom. The summed E-state index contributed by atoms with van der Waals surface area (Å²) in [6, 6.07) is 0. The first-order valence-electron chi connectivity index (χ1n) is 5.70. The van der Waals surface area contributed by atoms with Crippen LogP contribution in [0.2, 0.25) is 0 Å². The van der Waals surface area contributed by atoms with E-state index in [2.05, 4.69) is 0 Å². The molecular formula is C10H15N2O6P. The van der Waals surface area contributed by atoms with Gasteiger partial charge in [0.25, 0.3) is 11.0 Å². The van der Waals surface area contributed by atoms with Gasteiger partial charge in [0, 0.05) is 18.2 Å². The number of nitrogens with one attached hydrogen (secondary N) is 1. The van der Waals surface area contributed by atoms with Crippen LogP contribution in [0.15, 0.2) is 15.8 Å². The summed E-state index contributed by atoms with van der Waals surface area (Å²) in [7, 11) is -4.75. The second-order valence-corrected chi connectivity index (χ2v) is 6.64. The minimum absolute atomic E-state index is 0.00265. The molecule has 1 saturated heterocycles. The van der Waals surface area contributed by atoms with Gasteiger partial charge in [-0.15, -0.1) is 0 Å². The molecule has 2 unspecified atom stereocenters. The van der Waals surface area contributed by atoms with Gasteiger partial charge in [-0.25, -0.2) is 4.79 Å². The van der Waals surface area contributed by atoms with E-state index < -0.39 is 24.3 Å². The average molecular weight is 290 g/mol. The molecule has 2 atom stereocenters. The van der Waals surface area contributed by atoms with Gasteiger partial charge in [-0.2, -0.15) is 0 Å². The molecule has 0 radical (unpaired) electrons. The number of aromatic amines is 1. The van der Waals surface area contributed by atoms with Gasteiger partial charge in [0.2, 0.25) is 0 Å². The van der Waals surface area contributed by atoms with Crippen LogP contribution in [0.4, 0.5) is 0 Å².